The van der Waals surface area contributed by atoms with Crippen LogP contribution in [0.2, 0.25) is 0 Å². The number of primary amides is 1. The van der Waals surface area contributed by atoms with Gasteiger partial charge in [0.2, 0.25) is 5.91 Å². The molecule has 0 bridgehead atoms. The minimum Gasteiger partial charge on any atom is -0.504 e. The Kier molecular flexibility index (Phi) is 6.52. The SMILES string of the molecule is CNC(=O)Nc1nc(N(C)C)c2c(c1O)C(=O)C1C(=O)[C@]3(O)C(=O)C(C(N)=O)C(=O)[C@@H](N(C)C)[C@@H]3C[C@@H]1C2. The van der Waals surface area contributed by atoms with Gasteiger partial charge in [-0.2, -0.15) is 0 Å². The van der Waals surface area contributed by atoms with Crippen LogP contribution in [-0.2, 0) is 25.6 Å². The Morgan fingerprint density at radius 1 is 1.11 bits per heavy atom. The summed E-state index contributed by atoms with van der Waals surface area (Å²) in [7, 11) is 7.67. The van der Waals surface area contributed by atoms with Crippen LogP contribution >= 0.6 is 0 Å². The van der Waals surface area contributed by atoms with Crippen molar-refractivity contribution >= 4 is 46.7 Å². The maximum absolute atomic E-state index is 13.9. The zero-order chi connectivity index (χ0) is 28.4. The number of nitrogens with one attached hydrogen (secondary N) is 2. The van der Waals surface area contributed by atoms with E-state index in [0.29, 0.717) is 5.56 Å². The van der Waals surface area contributed by atoms with Gasteiger partial charge in [-0.15, -0.1) is 0 Å². The number of nitrogens with zero attached hydrogens (tertiary/aromatic N) is 3. The van der Waals surface area contributed by atoms with E-state index >= 15 is 0 Å². The predicted octanol–water partition coefficient (Wildman–Crippen LogP) is -1.92. The van der Waals surface area contributed by atoms with E-state index in [1.54, 1.807) is 19.0 Å². The summed E-state index contributed by atoms with van der Waals surface area (Å²) in [5.41, 5.74) is 2.57. The number of ketones is 4. The average molecular weight is 531 g/mol. The summed E-state index contributed by atoms with van der Waals surface area (Å²) < 4.78 is 0. The molecule has 38 heavy (non-hydrogen) atoms. The Morgan fingerprint density at radius 3 is 2.26 bits per heavy atom. The highest BCUT2D eigenvalue weighted by molar-refractivity contribution is 6.32. The van der Waals surface area contributed by atoms with E-state index in [0.717, 1.165) is 0 Å². The number of fused-ring (bicyclic) bond motifs is 3. The molecule has 0 aliphatic heterocycles. The Hall–Kier alpha value is -3.91. The number of pyridine rings is 1. The second kappa shape index (κ2) is 9.13. The number of nitrogens with two attached hydrogens (primary N) is 1. The fourth-order valence-electron chi connectivity index (χ4n) is 6.17. The number of urea groups is 1. The van der Waals surface area contributed by atoms with Crippen molar-refractivity contribution in [2.75, 3.05) is 45.5 Å². The molecular weight excluding hydrogens is 500 g/mol. The van der Waals surface area contributed by atoms with Gasteiger partial charge in [-0.05, 0) is 32.9 Å². The quantitative estimate of drug-likeness (QED) is 0.271. The molecule has 204 valence electrons. The summed E-state index contributed by atoms with van der Waals surface area (Å²) in [6, 6.07) is -1.90. The number of carbonyl (C=O) groups excluding carboxylic acids is 6. The summed E-state index contributed by atoms with van der Waals surface area (Å²) in [6.45, 7) is 0. The minimum atomic E-state index is -2.81. The van der Waals surface area contributed by atoms with Crippen LogP contribution in [0.1, 0.15) is 22.3 Å². The molecule has 1 aromatic heterocycles. The molecule has 14 heteroatoms. The molecule has 2 unspecified atom stereocenters. The number of likely N-dealkylation sites (N-methyl/N-ethyl adjacent to an activating group) is 1. The number of hydrogen-bond acceptors (Lipinski definition) is 11. The molecule has 3 aliphatic rings. The van der Waals surface area contributed by atoms with E-state index in [1.807, 2.05) is 0 Å². The lowest BCUT2D eigenvalue weighted by molar-refractivity contribution is -0.181. The van der Waals surface area contributed by atoms with Crippen LogP contribution < -0.4 is 21.3 Å². The first kappa shape index (κ1) is 27.1. The second-order valence-corrected chi connectivity index (χ2v) is 10.4. The monoisotopic (exact) mass is 530 g/mol. The molecule has 0 aromatic carbocycles. The summed E-state index contributed by atoms with van der Waals surface area (Å²) in [4.78, 5) is 85.4. The van der Waals surface area contributed by atoms with Crippen LogP contribution in [0.15, 0.2) is 0 Å². The molecule has 2 saturated carbocycles. The number of carbonyl (C=O) groups is 6. The van der Waals surface area contributed by atoms with Crippen molar-refractivity contribution in [1.82, 2.24) is 15.2 Å². The van der Waals surface area contributed by atoms with Crippen molar-refractivity contribution < 1.29 is 39.0 Å². The second-order valence-electron chi connectivity index (χ2n) is 10.4. The summed E-state index contributed by atoms with van der Waals surface area (Å²) >= 11 is 0. The van der Waals surface area contributed by atoms with Crippen LogP contribution in [0, 0.1) is 23.7 Å². The van der Waals surface area contributed by atoms with Crippen molar-refractivity contribution in [3.05, 3.63) is 11.1 Å². The van der Waals surface area contributed by atoms with Gasteiger partial charge >= 0.3 is 6.03 Å². The van der Waals surface area contributed by atoms with E-state index in [4.69, 9.17) is 5.73 Å². The summed E-state index contributed by atoms with van der Waals surface area (Å²) in [5.74, 6) is -11.7. The summed E-state index contributed by atoms with van der Waals surface area (Å²) in [5, 5.41) is 27.2. The highest BCUT2D eigenvalue weighted by Crippen LogP contribution is 2.52. The van der Waals surface area contributed by atoms with E-state index in [9.17, 15) is 39.0 Å². The highest BCUT2D eigenvalue weighted by atomic mass is 16.3. The first-order valence-electron chi connectivity index (χ1n) is 11.9. The molecule has 6 atom stereocenters. The van der Waals surface area contributed by atoms with Crippen LogP contribution in [0.5, 0.6) is 5.75 Å². The van der Waals surface area contributed by atoms with E-state index in [-0.39, 0.29) is 30.0 Å². The van der Waals surface area contributed by atoms with Gasteiger partial charge in [-0.1, -0.05) is 0 Å². The van der Waals surface area contributed by atoms with Gasteiger partial charge in [0.15, 0.2) is 46.2 Å². The number of rotatable bonds is 4. The Labute approximate surface area is 217 Å². The topological polar surface area (TPSA) is 212 Å². The molecular formula is C24H30N6O8. The molecule has 14 nitrogen and oxygen atoms in total. The molecule has 3 aliphatic carbocycles. The van der Waals surface area contributed by atoms with Gasteiger partial charge in [-0.25, -0.2) is 9.78 Å². The van der Waals surface area contributed by atoms with Crippen molar-refractivity contribution in [2.24, 2.45) is 29.4 Å². The molecule has 1 aromatic rings. The zero-order valence-corrected chi connectivity index (χ0v) is 21.6. The fraction of sp³-hybridized carbons (Fsp3) is 0.542. The highest BCUT2D eigenvalue weighted by Gasteiger charge is 2.69. The molecule has 1 heterocycles. The number of aliphatic hydroxyl groups is 1. The molecule has 0 spiro atoms. The molecule has 4 rings (SSSR count). The molecule has 6 N–H and O–H groups in total. The lowest BCUT2D eigenvalue weighted by Gasteiger charge is -2.52. The number of hydrogen-bond donors (Lipinski definition) is 5. The third kappa shape index (κ3) is 3.66. The Bertz CT molecular complexity index is 1290. The lowest BCUT2D eigenvalue weighted by atomic mass is 9.52. The Balaban J connectivity index is 1.89. The number of aromatic hydroxyl groups is 1. The van der Waals surface area contributed by atoms with Crippen LogP contribution in [0.25, 0.3) is 0 Å². The molecule has 0 radical (unpaired) electrons. The normalized spacial score (nSPS) is 30.3. The molecule has 3 amide bonds. The smallest absolute Gasteiger partial charge is 0.320 e. The maximum atomic E-state index is 13.9. The zero-order valence-electron chi connectivity index (χ0n) is 21.6. The van der Waals surface area contributed by atoms with E-state index in [2.05, 4.69) is 15.6 Å². The lowest BCUT2D eigenvalue weighted by Crippen LogP contribution is -2.74. The van der Waals surface area contributed by atoms with E-state index in [1.165, 1.54) is 26.0 Å². The van der Waals surface area contributed by atoms with Gasteiger partial charge in [0.1, 0.15) is 5.82 Å². The van der Waals surface area contributed by atoms with E-state index < -0.39 is 76.1 Å². The third-order valence-corrected chi connectivity index (χ3v) is 7.79. The largest absolute Gasteiger partial charge is 0.504 e. The Morgan fingerprint density at radius 2 is 1.74 bits per heavy atom. The minimum absolute atomic E-state index is 0.0557. The van der Waals surface area contributed by atoms with Gasteiger partial charge < -0.3 is 26.2 Å². The first-order valence-corrected chi connectivity index (χ1v) is 11.9. The van der Waals surface area contributed by atoms with Gasteiger partial charge in [0, 0.05) is 32.6 Å². The van der Waals surface area contributed by atoms with Gasteiger partial charge in [-0.3, -0.25) is 34.2 Å². The van der Waals surface area contributed by atoms with Gasteiger partial charge in [0.05, 0.1) is 17.5 Å². The first-order chi connectivity index (χ1) is 17.7. The van der Waals surface area contributed by atoms with Crippen LogP contribution in [0.3, 0.4) is 0 Å². The fourth-order valence-corrected chi connectivity index (χ4v) is 6.17. The molecule has 2 fully saturated rings. The van der Waals surface area contributed by atoms with Crippen LogP contribution in [-0.4, -0.2) is 102 Å². The van der Waals surface area contributed by atoms with Crippen molar-refractivity contribution in [1.29, 1.82) is 0 Å². The number of Topliss-reactive ketones (excluding diaryl/α,β-unsaturated/α-hetero) is 4. The van der Waals surface area contributed by atoms with Crippen molar-refractivity contribution in [2.45, 2.75) is 24.5 Å². The maximum Gasteiger partial charge on any atom is 0.320 e. The summed E-state index contributed by atoms with van der Waals surface area (Å²) in [6.07, 6.45) is -0.0179. The number of anilines is 2. The van der Waals surface area contributed by atoms with Gasteiger partial charge in [0.25, 0.3) is 0 Å². The number of amides is 3. The van der Waals surface area contributed by atoms with Crippen molar-refractivity contribution in [3.8, 4) is 5.75 Å². The number of aromatic nitrogens is 1. The molecule has 0 saturated heterocycles. The average Bonchev–Trinajstić information content (AvgIpc) is 2.82. The third-order valence-electron chi connectivity index (χ3n) is 7.79. The van der Waals surface area contributed by atoms with Crippen LogP contribution in [0.4, 0.5) is 16.4 Å². The van der Waals surface area contributed by atoms with Crippen molar-refractivity contribution in [3.63, 3.8) is 0 Å². The standard InChI is InChI=1S/C24H30N6O8/c1-26-23(37)28-21-17(33)12-9(22(27-21)30(4)5)6-8-7-10-14(29(2)3)16(32)13(20(25)36)19(35)24(10,38)18(34)11(8)15(12)31/h8,10-11,13-14,33,38H,6-7H2,1-5H3,(H2,25,36)(H2,26,27,28,37)/t8-,10-,11?,13?,14-,24-/m0/s1. The predicted molar refractivity (Wildman–Crippen MR) is 132 cm³/mol.